The van der Waals surface area contributed by atoms with Crippen LogP contribution in [-0.2, 0) is 16.1 Å². The number of nitrogens with one attached hydrogen (secondary N) is 2. The van der Waals surface area contributed by atoms with Crippen LogP contribution in [0.2, 0.25) is 0 Å². The van der Waals surface area contributed by atoms with Crippen LogP contribution in [0.5, 0.6) is 0 Å². The molecule has 1 aliphatic heterocycles. The summed E-state index contributed by atoms with van der Waals surface area (Å²) in [5.41, 5.74) is -0.905. The van der Waals surface area contributed by atoms with Crippen molar-refractivity contribution in [3.8, 4) is 0 Å². The minimum atomic E-state index is -0.905. The van der Waals surface area contributed by atoms with Crippen molar-refractivity contribution in [2.75, 3.05) is 18.5 Å². The summed E-state index contributed by atoms with van der Waals surface area (Å²) < 4.78 is 5.40. The highest BCUT2D eigenvalue weighted by Crippen LogP contribution is 2.25. The molecule has 8 nitrogen and oxygen atoms in total. The zero-order chi connectivity index (χ0) is 13.3. The minimum absolute atomic E-state index is 0.0138. The van der Waals surface area contributed by atoms with Gasteiger partial charge in [0.1, 0.15) is 12.1 Å². The summed E-state index contributed by atoms with van der Waals surface area (Å²) in [4.78, 5) is 24.7. The van der Waals surface area contributed by atoms with Gasteiger partial charge in [-0.3, -0.25) is 14.9 Å². The first-order chi connectivity index (χ1) is 8.45. The van der Waals surface area contributed by atoms with Gasteiger partial charge in [-0.2, -0.15) is 0 Å². The lowest BCUT2D eigenvalue weighted by molar-refractivity contribution is -0.135. The second-order valence-electron chi connectivity index (χ2n) is 4.53. The first kappa shape index (κ1) is 12.5. The standard InChI is InChI=1S/C10H15N5O3/c1-10(2)8(17)12-6(16)5-15(10)9-14-13-7(18-9)4-11-3/h11H,4-5H2,1-3H3,(H,12,16,17). The number of hydrogen-bond acceptors (Lipinski definition) is 7. The zero-order valence-electron chi connectivity index (χ0n) is 10.5. The third kappa shape index (κ3) is 2.06. The molecule has 0 radical (unpaired) electrons. The van der Waals surface area contributed by atoms with Crippen molar-refractivity contribution in [2.45, 2.75) is 25.9 Å². The maximum Gasteiger partial charge on any atom is 0.319 e. The van der Waals surface area contributed by atoms with Crippen LogP contribution in [0.4, 0.5) is 6.01 Å². The van der Waals surface area contributed by atoms with Crippen molar-refractivity contribution < 1.29 is 14.0 Å². The van der Waals surface area contributed by atoms with Gasteiger partial charge in [-0.15, -0.1) is 5.10 Å². The summed E-state index contributed by atoms with van der Waals surface area (Å²) >= 11 is 0. The monoisotopic (exact) mass is 253 g/mol. The molecule has 98 valence electrons. The van der Waals surface area contributed by atoms with E-state index in [1.165, 1.54) is 4.90 Å². The number of piperazine rings is 1. The van der Waals surface area contributed by atoms with Gasteiger partial charge in [0.15, 0.2) is 0 Å². The topological polar surface area (TPSA) is 100 Å². The third-order valence-electron chi connectivity index (χ3n) is 2.80. The summed E-state index contributed by atoms with van der Waals surface area (Å²) in [6, 6.07) is 0.174. The van der Waals surface area contributed by atoms with Crippen LogP contribution >= 0.6 is 0 Å². The number of amides is 2. The second-order valence-corrected chi connectivity index (χ2v) is 4.53. The fourth-order valence-corrected chi connectivity index (χ4v) is 1.67. The van der Waals surface area contributed by atoms with Crippen molar-refractivity contribution in [3.63, 3.8) is 0 Å². The molecule has 1 aliphatic rings. The lowest BCUT2D eigenvalue weighted by atomic mass is 9.99. The molecule has 1 aromatic heterocycles. The van der Waals surface area contributed by atoms with Gasteiger partial charge in [-0.05, 0) is 20.9 Å². The molecular formula is C10H15N5O3. The molecule has 1 aromatic rings. The molecule has 0 saturated carbocycles. The molecule has 1 fully saturated rings. The highest BCUT2D eigenvalue weighted by molar-refractivity contribution is 6.06. The van der Waals surface area contributed by atoms with Crippen molar-refractivity contribution >= 4 is 17.8 Å². The van der Waals surface area contributed by atoms with Gasteiger partial charge in [0.2, 0.25) is 11.8 Å². The Morgan fingerprint density at radius 2 is 2.17 bits per heavy atom. The van der Waals surface area contributed by atoms with Crippen molar-refractivity contribution in [3.05, 3.63) is 5.89 Å². The van der Waals surface area contributed by atoms with E-state index < -0.39 is 5.54 Å². The summed E-state index contributed by atoms with van der Waals surface area (Å²) in [7, 11) is 1.76. The molecule has 0 atom stereocenters. The molecule has 18 heavy (non-hydrogen) atoms. The largest absolute Gasteiger partial charge is 0.407 e. The fourth-order valence-electron chi connectivity index (χ4n) is 1.67. The Bertz CT molecular complexity index is 482. The first-order valence-electron chi connectivity index (χ1n) is 5.54. The number of anilines is 1. The van der Waals surface area contributed by atoms with Crippen molar-refractivity contribution in [1.82, 2.24) is 20.8 Å². The van der Waals surface area contributed by atoms with Crippen molar-refractivity contribution in [1.29, 1.82) is 0 Å². The number of imide groups is 1. The van der Waals surface area contributed by atoms with E-state index in [1.807, 2.05) is 0 Å². The Morgan fingerprint density at radius 1 is 1.44 bits per heavy atom. The molecule has 2 amide bonds. The smallest absolute Gasteiger partial charge is 0.319 e. The van der Waals surface area contributed by atoms with E-state index in [9.17, 15) is 9.59 Å². The van der Waals surface area contributed by atoms with Gasteiger partial charge in [0.05, 0.1) is 6.54 Å². The predicted octanol–water partition coefficient (Wildman–Crippen LogP) is -0.970. The Kier molecular flexibility index (Phi) is 3.04. The Hall–Kier alpha value is -1.96. The summed E-state index contributed by atoms with van der Waals surface area (Å²) in [5.74, 6) is -0.360. The van der Waals surface area contributed by atoms with Gasteiger partial charge >= 0.3 is 6.01 Å². The molecule has 2 N–H and O–H groups in total. The van der Waals surface area contributed by atoms with Crippen LogP contribution in [0.25, 0.3) is 0 Å². The van der Waals surface area contributed by atoms with Gasteiger partial charge in [-0.25, -0.2) is 0 Å². The second kappa shape index (κ2) is 4.37. The van der Waals surface area contributed by atoms with Crippen LogP contribution in [0.3, 0.4) is 0 Å². The van der Waals surface area contributed by atoms with Crippen LogP contribution in [-0.4, -0.2) is 41.1 Å². The number of rotatable bonds is 3. The summed E-state index contributed by atoms with van der Waals surface area (Å²) in [6.45, 7) is 3.83. The summed E-state index contributed by atoms with van der Waals surface area (Å²) in [6.07, 6.45) is 0. The number of hydrogen-bond donors (Lipinski definition) is 2. The van der Waals surface area contributed by atoms with E-state index >= 15 is 0 Å². The average Bonchev–Trinajstić information content (AvgIpc) is 2.73. The first-order valence-corrected chi connectivity index (χ1v) is 5.54. The molecule has 2 rings (SSSR count). The van der Waals surface area contributed by atoms with Crippen molar-refractivity contribution in [2.24, 2.45) is 0 Å². The maximum absolute atomic E-state index is 11.8. The van der Waals surface area contributed by atoms with Gasteiger partial charge in [-0.1, -0.05) is 5.10 Å². The highest BCUT2D eigenvalue weighted by Gasteiger charge is 2.43. The SMILES string of the molecule is CNCc1nnc(N2CC(=O)NC(=O)C2(C)C)o1. The molecule has 2 heterocycles. The van der Waals surface area contributed by atoms with E-state index in [2.05, 4.69) is 20.8 Å². The molecule has 8 heteroatoms. The molecule has 0 aliphatic carbocycles. The molecular weight excluding hydrogens is 238 g/mol. The highest BCUT2D eigenvalue weighted by atomic mass is 16.4. The Balaban J connectivity index is 2.28. The Labute approximate surface area is 104 Å². The number of aromatic nitrogens is 2. The Morgan fingerprint density at radius 3 is 2.83 bits per heavy atom. The van der Waals surface area contributed by atoms with E-state index in [1.54, 1.807) is 20.9 Å². The van der Waals surface area contributed by atoms with E-state index in [-0.39, 0.29) is 24.4 Å². The molecule has 0 aromatic carbocycles. The fraction of sp³-hybridized carbons (Fsp3) is 0.600. The van der Waals surface area contributed by atoms with Gasteiger partial charge in [0.25, 0.3) is 5.91 Å². The van der Waals surface area contributed by atoms with Crippen LogP contribution in [0, 0.1) is 0 Å². The molecule has 0 bridgehead atoms. The maximum atomic E-state index is 11.8. The minimum Gasteiger partial charge on any atom is -0.407 e. The quantitative estimate of drug-likeness (QED) is 0.668. The van der Waals surface area contributed by atoms with E-state index in [0.717, 1.165) is 0 Å². The number of carbonyl (C=O) groups is 2. The van der Waals surface area contributed by atoms with Gasteiger partial charge < -0.3 is 14.6 Å². The van der Waals surface area contributed by atoms with Crippen LogP contribution in [0.15, 0.2) is 4.42 Å². The van der Waals surface area contributed by atoms with Crippen LogP contribution in [0.1, 0.15) is 19.7 Å². The number of carbonyl (C=O) groups excluding carboxylic acids is 2. The molecule has 0 unspecified atom stereocenters. The van der Waals surface area contributed by atoms with E-state index in [4.69, 9.17) is 4.42 Å². The normalized spacial score (nSPS) is 18.9. The lowest BCUT2D eigenvalue weighted by Gasteiger charge is -2.38. The zero-order valence-corrected chi connectivity index (χ0v) is 10.5. The van der Waals surface area contributed by atoms with Gasteiger partial charge in [0, 0.05) is 0 Å². The molecule has 1 saturated heterocycles. The number of nitrogens with zero attached hydrogens (tertiary/aromatic N) is 3. The lowest BCUT2D eigenvalue weighted by Crippen LogP contribution is -2.64. The van der Waals surface area contributed by atoms with Crippen LogP contribution < -0.4 is 15.5 Å². The predicted molar refractivity (Wildman–Crippen MR) is 61.6 cm³/mol. The summed E-state index contributed by atoms with van der Waals surface area (Å²) in [5, 5.41) is 12.8. The third-order valence-corrected chi connectivity index (χ3v) is 2.80. The average molecular weight is 253 g/mol. The molecule has 0 spiro atoms. The van der Waals surface area contributed by atoms with E-state index in [0.29, 0.717) is 12.4 Å².